The summed E-state index contributed by atoms with van der Waals surface area (Å²) in [5.74, 6) is 0.147. The van der Waals surface area contributed by atoms with E-state index in [2.05, 4.69) is 165 Å². The molecule has 60 heavy (non-hydrogen) atoms. The number of halogens is 2. The number of aromatic nitrogens is 1. The van der Waals surface area contributed by atoms with Gasteiger partial charge in [-0.1, -0.05) is 78.9 Å². The molecule has 0 saturated heterocycles. The smallest absolute Gasteiger partial charge is 0.123 e. The monoisotopic (exact) mass is 786 g/mol. The van der Waals surface area contributed by atoms with Gasteiger partial charge in [0.2, 0.25) is 0 Å². The van der Waals surface area contributed by atoms with E-state index in [0.717, 1.165) is 75.9 Å². The van der Waals surface area contributed by atoms with Gasteiger partial charge in [0.25, 0.3) is 0 Å². The highest BCUT2D eigenvalue weighted by Gasteiger charge is 2.39. The zero-order chi connectivity index (χ0) is 40.2. The molecule has 6 heteroatoms. The van der Waals surface area contributed by atoms with E-state index < -0.39 is 0 Å². The molecule has 3 atom stereocenters. The predicted octanol–water partition coefficient (Wildman–Crippen LogP) is 14.4. The molecule has 0 amide bonds. The van der Waals surface area contributed by atoms with Crippen molar-refractivity contribution in [3.05, 3.63) is 211 Å². The average molecular weight is 787 g/mol. The Morgan fingerprint density at radius 3 is 2.27 bits per heavy atom. The summed E-state index contributed by atoms with van der Waals surface area (Å²) in [6.45, 7) is 0. The number of anilines is 5. The fourth-order valence-electron chi connectivity index (χ4n) is 9.91. The number of fused-ring (bicyclic) bond motifs is 6. The number of benzene rings is 6. The highest BCUT2D eigenvalue weighted by atomic mass is 19.1. The molecule has 0 spiro atoms. The van der Waals surface area contributed by atoms with Crippen molar-refractivity contribution in [2.24, 2.45) is 0 Å². The van der Waals surface area contributed by atoms with Crippen LogP contribution in [0.15, 0.2) is 194 Å². The molecule has 1 aliphatic heterocycles. The quantitative estimate of drug-likeness (QED) is 0.155. The van der Waals surface area contributed by atoms with Crippen LogP contribution in [0.2, 0.25) is 0 Å². The van der Waals surface area contributed by atoms with E-state index in [4.69, 9.17) is 0 Å². The summed E-state index contributed by atoms with van der Waals surface area (Å²) >= 11 is 0. The van der Waals surface area contributed by atoms with E-state index in [-0.39, 0.29) is 23.7 Å². The molecule has 2 heterocycles. The molecule has 0 bridgehead atoms. The third-order valence-corrected chi connectivity index (χ3v) is 12.7. The minimum absolute atomic E-state index is 0.0365. The molecular weight excluding hydrogens is 743 g/mol. The van der Waals surface area contributed by atoms with Crippen LogP contribution in [-0.2, 0) is 0 Å². The Balaban J connectivity index is 0.842. The number of rotatable bonds is 8. The molecule has 294 valence electrons. The lowest BCUT2D eigenvalue weighted by molar-refractivity contribution is 0.545. The number of hydrogen-bond acceptors (Lipinski definition) is 3. The summed E-state index contributed by atoms with van der Waals surface area (Å²) in [7, 11) is 0. The van der Waals surface area contributed by atoms with Gasteiger partial charge in [-0.3, -0.25) is 0 Å². The first-order valence-electron chi connectivity index (χ1n) is 21.1. The molecule has 1 N–H and O–H groups in total. The Labute approximate surface area is 349 Å². The minimum atomic E-state index is -0.243. The number of nitrogens with one attached hydrogen (secondary N) is 1. The summed E-state index contributed by atoms with van der Waals surface area (Å²) < 4.78 is 30.1. The first-order valence-corrected chi connectivity index (χ1v) is 21.1. The molecule has 3 unspecified atom stereocenters. The molecule has 4 aliphatic rings. The van der Waals surface area contributed by atoms with Crippen molar-refractivity contribution in [1.29, 1.82) is 0 Å². The van der Waals surface area contributed by atoms with Gasteiger partial charge in [0, 0.05) is 62.9 Å². The van der Waals surface area contributed by atoms with Crippen LogP contribution in [0.25, 0.3) is 33.1 Å². The van der Waals surface area contributed by atoms with Crippen LogP contribution in [-0.4, -0.2) is 16.7 Å². The van der Waals surface area contributed by atoms with E-state index in [1.807, 2.05) is 18.2 Å². The van der Waals surface area contributed by atoms with Gasteiger partial charge in [0.05, 0.1) is 23.1 Å². The normalized spacial score (nSPS) is 19.5. The topological polar surface area (TPSA) is 23.4 Å². The maximum Gasteiger partial charge on any atom is 0.123 e. The van der Waals surface area contributed by atoms with Gasteiger partial charge < -0.3 is 19.7 Å². The van der Waals surface area contributed by atoms with Crippen LogP contribution in [0.1, 0.15) is 49.1 Å². The van der Waals surface area contributed by atoms with Crippen LogP contribution in [0.4, 0.5) is 37.2 Å². The van der Waals surface area contributed by atoms with E-state index >= 15 is 0 Å². The zero-order valence-corrected chi connectivity index (χ0v) is 33.2. The Kier molecular flexibility index (Phi) is 9.06. The van der Waals surface area contributed by atoms with Crippen molar-refractivity contribution in [2.45, 2.75) is 50.1 Å². The molecule has 0 fully saturated rings. The Morgan fingerprint density at radius 1 is 0.667 bits per heavy atom. The van der Waals surface area contributed by atoms with Gasteiger partial charge in [-0.25, -0.2) is 8.78 Å². The Morgan fingerprint density at radius 2 is 1.47 bits per heavy atom. The van der Waals surface area contributed by atoms with Crippen molar-refractivity contribution >= 4 is 55.8 Å². The van der Waals surface area contributed by atoms with Gasteiger partial charge in [0.15, 0.2) is 0 Å². The Hall–Kier alpha value is -6.92. The highest BCUT2D eigenvalue weighted by Crippen LogP contribution is 2.50. The second-order valence-corrected chi connectivity index (χ2v) is 16.3. The number of para-hydroxylation sites is 2. The van der Waals surface area contributed by atoms with Crippen LogP contribution in [0, 0.1) is 5.82 Å². The van der Waals surface area contributed by atoms with Crippen molar-refractivity contribution < 1.29 is 8.78 Å². The third-order valence-electron chi connectivity index (χ3n) is 12.7. The van der Waals surface area contributed by atoms with Gasteiger partial charge in [-0.05, 0) is 146 Å². The largest absolute Gasteiger partial charge is 0.356 e. The average Bonchev–Trinajstić information content (AvgIpc) is 3.80. The second-order valence-electron chi connectivity index (χ2n) is 16.3. The maximum absolute atomic E-state index is 13.9. The number of nitrogens with zero attached hydrogens (tertiary/aromatic N) is 3. The first kappa shape index (κ1) is 36.2. The maximum atomic E-state index is 13.9. The van der Waals surface area contributed by atoms with E-state index in [1.54, 1.807) is 6.08 Å². The van der Waals surface area contributed by atoms with Gasteiger partial charge >= 0.3 is 0 Å². The molecule has 6 aromatic carbocycles. The molecule has 4 nitrogen and oxygen atoms in total. The van der Waals surface area contributed by atoms with Crippen molar-refractivity contribution in [3.63, 3.8) is 0 Å². The van der Waals surface area contributed by atoms with Crippen LogP contribution < -0.4 is 15.1 Å². The molecule has 11 rings (SSSR count). The van der Waals surface area contributed by atoms with Crippen molar-refractivity contribution in [1.82, 2.24) is 4.57 Å². The summed E-state index contributed by atoms with van der Waals surface area (Å²) in [5.41, 5.74) is 13.7. The SMILES string of the molecule is FC1=CC=C(N2c3ccc(Nc4ccc(C5=CCC(N(c6ccccc6)c6ccc7c(c6)c6ccccc6n7-c6ccc(F)cc6)C=C5)cc4)cc3C3CCC=CC32)CC1. The fraction of sp³-hybridized carbons (Fsp3) is 0.148. The lowest BCUT2D eigenvalue weighted by Gasteiger charge is -2.33. The predicted molar refractivity (Wildman–Crippen MR) is 245 cm³/mol. The van der Waals surface area contributed by atoms with Crippen molar-refractivity contribution in [2.75, 3.05) is 15.1 Å². The molecule has 3 aliphatic carbocycles. The Bertz CT molecular complexity index is 2920. The summed E-state index contributed by atoms with van der Waals surface area (Å²) in [6, 6.07) is 48.4. The van der Waals surface area contributed by atoms with Crippen LogP contribution in [0.5, 0.6) is 0 Å². The van der Waals surface area contributed by atoms with E-state index in [1.165, 1.54) is 40.2 Å². The zero-order valence-electron chi connectivity index (χ0n) is 33.2. The number of allylic oxidation sites excluding steroid dienone is 7. The third kappa shape index (κ3) is 6.44. The lowest BCUT2D eigenvalue weighted by atomic mass is 9.86. The summed E-state index contributed by atoms with van der Waals surface area (Å²) in [4.78, 5) is 4.88. The molecule has 0 saturated carbocycles. The van der Waals surface area contributed by atoms with Crippen LogP contribution in [0.3, 0.4) is 0 Å². The molecule has 0 radical (unpaired) electrons. The van der Waals surface area contributed by atoms with Gasteiger partial charge in [0.1, 0.15) is 11.6 Å². The molecule has 1 aromatic heterocycles. The minimum Gasteiger partial charge on any atom is -0.356 e. The summed E-state index contributed by atoms with van der Waals surface area (Å²) in [5, 5.41) is 6.00. The standard InChI is InChI=1S/C54H44F2N4/c55-38-18-27-44(28-19-38)59-51-12-6-4-10-47(51)49-34-41(24-32-53(49)59)57-40-22-14-36(15-23-40)37-16-25-43(26-17-37)58(42-8-2-1-3-9-42)46-31-33-54-50(35-46)48-11-5-7-13-52(48)60(54)45-29-20-39(56)21-30-45/h1-3,5-9,11-18,20-25,27,29-35,43,47,51,57H,4,10,19,26,28H2. The van der Waals surface area contributed by atoms with Gasteiger partial charge in [-0.2, -0.15) is 0 Å². The van der Waals surface area contributed by atoms with E-state index in [9.17, 15) is 8.78 Å². The fourth-order valence-corrected chi connectivity index (χ4v) is 9.91. The molecule has 7 aromatic rings. The van der Waals surface area contributed by atoms with Crippen molar-refractivity contribution in [3.8, 4) is 5.69 Å². The first-order chi connectivity index (χ1) is 29.6. The van der Waals surface area contributed by atoms with Gasteiger partial charge in [-0.15, -0.1) is 0 Å². The lowest BCUT2D eigenvalue weighted by Crippen LogP contribution is -2.33. The number of hydrogen-bond donors (Lipinski definition) is 1. The molecular formula is C54H44F2N4. The van der Waals surface area contributed by atoms with Crippen LogP contribution >= 0.6 is 0 Å². The van der Waals surface area contributed by atoms with E-state index in [0.29, 0.717) is 12.3 Å². The second kappa shape index (κ2) is 15.0. The summed E-state index contributed by atoms with van der Waals surface area (Å²) in [6.07, 6.45) is 19.5. The highest BCUT2D eigenvalue weighted by molar-refractivity contribution is 6.10.